The summed E-state index contributed by atoms with van der Waals surface area (Å²) >= 11 is 5.24. The van der Waals surface area contributed by atoms with E-state index in [0.29, 0.717) is 6.04 Å². The molecule has 0 aliphatic heterocycles. The van der Waals surface area contributed by atoms with Crippen LogP contribution in [0.25, 0.3) is 0 Å². The molecule has 0 bridgehead atoms. The van der Waals surface area contributed by atoms with Crippen molar-refractivity contribution < 1.29 is 5.21 Å². The summed E-state index contributed by atoms with van der Waals surface area (Å²) in [5.74, 6) is 0.118. The van der Waals surface area contributed by atoms with E-state index in [4.69, 9.17) is 10.9 Å². The number of hydrogen-bond donors (Lipinski definition) is 2. The summed E-state index contributed by atoms with van der Waals surface area (Å²) < 4.78 is 0.960. The van der Waals surface area contributed by atoms with Crippen LogP contribution in [0.1, 0.15) is 17.4 Å². The first kappa shape index (κ1) is 15.9. The van der Waals surface area contributed by atoms with Crippen molar-refractivity contribution in [1.82, 2.24) is 0 Å². The number of nitrogens with zero attached hydrogens (tertiary/aromatic N) is 2. The van der Waals surface area contributed by atoms with Crippen LogP contribution in [0, 0.1) is 0 Å². The monoisotopic (exact) mass is 367 g/mol. The molecule has 0 aliphatic rings. The van der Waals surface area contributed by atoms with Gasteiger partial charge in [0, 0.05) is 40.1 Å². The van der Waals surface area contributed by atoms with Gasteiger partial charge in [0.2, 0.25) is 0 Å². The summed E-state index contributed by atoms with van der Waals surface area (Å²) in [6, 6.07) is 10.2. The van der Waals surface area contributed by atoms with Gasteiger partial charge < -0.3 is 15.8 Å². The number of anilines is 1. The van der Waals surface area contributed by atoms with Crippen LogP contribution in [0.2, 0.25) is 0 Å². The Morgan fingerprint density at radius 1 is 1.48 bits per heavy atom. The third kappa shape index (κ3) is 3.77. The van der Waals surface area contributed by atoms with E-state index >= 15 is 0 Å². The van der Waals surface area contributed by atoms with Gasteiger partial charge in [0.05, 0.1) is 0 Å². The molecule has 6 heteroatoms. The Morgan fingerprint density at radius 2 is 2.24 bits per heavy atom. The predicted molar refractivity (Wildman–Crippen MR) is 92.5 cm³/mol. The number of hydrogen-bond acceptors (Lipinski definition) is 4. The number of benzene rings is 1. The molecule has 1 aromatic heterocycles. The van der Waals surface area contributed by atoms with Crippen LogP contribution in [0.5, 0.6) is 0 Å². The number of likely N-dealkylation sites (N-methyl/N-ethyl adjacent to an activating group) is 1. The zero-order valence-electron chi connectivity index (χ0n) is 12.0. The lowest BCUT2D eigenvalue weighted by atomic mass is 10.1. The van der Waals surface area contributed by atoms with Gasteiger partial charge in [-0.05, 0) is 36.6 Å². The number of amidine groups is 1. The fourth-order valence-electron chi connectivity index (χ4n) is 2.16. The number of halogens is 1. The van der Waals surface area contributed by atoms with Gasteiger partial charge in [-0.25, -0.2) is 0 Å². The smallest absolute Gasteiger partial charge is 0.172 e. The Hall–Kier alpha value is -1.53. The van der Waals surface area contributed by atoms with Crippen LogP contribution >= 0.6 is 27.3 Å². The minimum absolute atomic E-state index is 0.118. The summed E-state index contributed by atoms with van der Waals surface area (Å²) in [6.07, 6.45) is 0.955. The van der Waals surface area contributed by atoms with E-state index in [1.54, 1.807) is 11.3 Å². The Kier molecular flexibility index (Phi) is 5.25. The molecule has 2 rings (SSSR count). The largest absolute Gasteiger partial charge is 0.409 e. The third-order valence-corrected chi connectivity index (χ3v) is 4.85. The number of rotatable bonds is 5. The molecule has 0 amide bonds. The zero-order chi connectivity index (χ0) is 15.4. The molecule has 1 aromatic carbocycles. The molecule has 0 spiro atoms. The summed E-state index contributed by atoms with van der Waals surface area (Å²) in [5, 5.41) is 14.2. The SMILES string of the molecule is CC(Cc1cccs1)N(C)c1cc(Br)ccc1/C(N)=N/O. The zero-order valence-corrected chi connectivity index (χ0v) is 14.4. The minimum atomic E-state index is 0.118. The van der Waals surface area contributed by atoms with Crippen molar-refractivity contribution in [3.8, 4) is 0 Å². The maximum absolute atomic E-state index is 8.94. The molecule has 1 heterocycles. The summed E-state index contributed by atoms with van der Waals surface area (Å²) in [6.45, 7) is 2.16. The topological polar surface area (TPSA) is 61.8 Å². The number of thiophene rings is 1. The second-order valence-electron chi connectivity index (χ2n) is 4.89. The molecule has 2 aromatic rings. The average Bonchev–Trinajstić information content (AvgIpc) is 2.98. The van der Waals surface area contributed by atoms with E-state index < -0.39 is 0 Å². The van der Waals surface area contributed by atoms with Crippen molar-refractivity contribution in [1.29, 1.82) is 0 Å². The molecule has 0 saturated carbocycles. The van der Waals surface area contributed by atoms with Crippen molar-refractivity contribution in [2.24, 2.45) is 10.9 Å². The molecule has 112 valence electrons. The highest BCUT2D eigenvalue weighted by atomic mass is 79.9. The van der Waals surface area contributed by atoms with Crippen LogP contribution in [0.3, 0.4) is 0 Å². The first-order chi connectivity index (χ1) is 10.0. The highest BCUT2D eigenvalue weighted by molar-refractivity contribution is 9.10. The Labute approximate surface area is 137 Å². The van der Waals surface area contributed by atoms with E-state index in [9.17, 15) is 0 Å². The number of oxime groups is 1. The molecular weight excluding hydrogens is 350 g/mol. The molecule has 4 nitrogen and oxygen atoms in total. The maximum Gasteiger partial charge on any atom is 0.172 e. The summed E-state index contributed by atoms with van der Waals surface area (Å²) in [5.41, 5.74) is 7.44. The van der Waals surface area contributed by atoms with Gasteiger partial charge in [0.15, 0.2) is 5.84 Å². The Morgan fingerprint density at radius 3 is 2.86 bits per heavy atom. The van der Waals surface area contributed by atoms with Crippen LogP contribution < -0.4 is 10.6 Å². The molecule has 21 heavy (non-hydrogen) atoms. The second-order valence-corrected chi connectivity index (χ2v) is 6.84. The quantitative estimate of drug-likeness (QED) is 0.366. The van der Waals surface area contributed by atoms with E-state index in [1.807, 2.05) is 25.2 Å². The maximum atomic E-state index is 8.94. The average molecular weight is 368 g/mol. The second kappa shape index (κ2) is 6.95. The van der Waals surface area contributed by atoms with Crippen molar-refractivity contribution in [2.75, 3.05) is 11.9 Å². The van der Waals surface area contributed by atoms with E-state index in [1.165, 1.54) is 4.88 Å². The van der Waals surface area contributed by atoms with Gasteiger partial charge in [-0.3, -0.25) is 0 Å². The fraction of sp³-hybridized carbons (Fsp3) is 0.267. The van der Waals surface area contributed by atoms with Crippen molar-refractivity contribution in [3.63, 3.8) is 0 Å². The summed E-state index contributed by atoms with van der Waals surface area (Å²) in [7, 11) is 2.02. The van der Waals surface area contributed by atoms with Gasteiger partial charge >= 0.3 is 0 Å². The molecule has 0 fully saturated rings. The van der Waals surface area contributed by atoms with Crippen LogP contribution in [-0.4, -0.2) is 24.1 Å². The minimum Gasteiger partial charge on any atom is -0.409 e. The van der Waals surface area contributed by atoms with E-state index in [2.05, 4.69) is 50.4 Å². The standard InChI is InChI=1S/C15H18BrN3OS/c1-10(8-12-4-3-7-21-12)19(2)14-9-11(16)5-6-13(14)15(17)18-20/h3-7,9-10,20H,8H2,1-2H3,(H2,17,18). The normalized spacial score (nSPS) is 13.2. The lowest BCUT2D eigenvalue weighted by Crippen LogP contribution is -2.32. The molecule has 0 radical (unpaired) electrons. The van der Waals surface area contributed by atoms with Crippen LogP contribution in [0.15, 0.2) is 45.3 Å². The molecular formula is C15H18BrN3OS. The van der Waals surface area contributed by atoms with Crippen molar-refractivity contribution in [3.05, 3.63) is 50.6 Å². The molecule has 0 saturated heterocycles. The molecule has 0 aliphatic carbocycles. The third-order valence-electron chi connectivity index (χ3n) is 3.46. The highest BCUT2D eigenvalue weighted by Crippen LogP contribution is 2.27. The van der Waals surface area contributed by atoms with Crippen molar-refractivity contribution in [2.45, 2.75) is 19.4 Å². The van der Waals surface area contributed by atoms with Crippen LogP contribution in [-0.2, 0) is 6.42 Å². The lowest BCUT2D eigenvalue weighted by molar-refractivity contribution is 0.318. The van der Waals surface area contributed by atoms with Crippen molar-refractivity contribution >= 4 is 38.8 Å². The number of nitrogens with two attached hydrogens (primary N) is 1. The van der Waals surface area contributed by atoms with Gasteiger partial charge in [0.25, 0.3) is 0 Å². The van der Waals surface area contributed by atoms with E-state index in [0.717, 1.165) is 22.1 Å². The summed E-state index contributed by atoms with van der Waals surface area (Å²) in [4.78, 5) is 3.49. The molecule has 3 N–H and O–H groups in total. The lowest BCUT2D eigenvalue weighted by Gasteiger charge is -2.28. The fourth-order valence-corrected chi connectivity index (χ4v) is 3.34. The van der Waals surface area contributed by atoms with Gasteiger partial charge in [0.1, 0.15) is 0 Å². The predicted octanol–water partition coefficient (Wildman–Crippen LogP) is 3.67. The van der Waals surface area contributed by atoms with E-state index in [-0.39, 0.29) is 5.84 Å². The van der Waals surface area contributed by atoms with Crippen LogP contribution in [0.4, 0.5) is 5.69 Å². The van der Waals surface area contributed by atoms with Gasteiger partial charge in [-0.1, -0.05) is 27.2 Å². The molecule has 1 unspecified atom stereocenters. The Bertz CT molecular complexity index is 628. The molecule has 1 atom stereocenters. The first-order valence-electron chi connectivity index (χ1n) is 6.55. The Balaban J connectivity index is 2.29. The highest BCUT2D eigenvalue weighted by Gasteiger charge is 2.17. The first-order valence-corrected chi connectivity index (χ1v) is 8.23. The van der Waals surface area contributed by atoms with Gasteiger partial charge in [-0.2, -0.15) is 0 Å². The van der Waals surface area contributed by atoms with Gasteiger partial charge in [-0.15, -0.1) is 11.3 Å².